The Morgan fingerprint density at radius 3 is 2.06 bits per heavy atom. The number of aryl methyl sites for hydroxylation is 2. The Bertz CT molecular complexity index is 1210. The van der Waals surface area contributed by atoms with Gasteiger partial charge in [0.2, 0.25) is 15.9 Å². The highest BCUT2D eigenvalue weighted by molar-refractivity contribution is 7.89. The van der Waals surface area contributed by atoms with Crippen LogP contribution in [0, 0.1) is 13.8 Å². The van der Waals surface area contributed by atoms with Crippen molar-refractivity contribution in [2.45, 2.75) is 25.3 Å². The minimum absolute atomic E-state index is 0.0547. The number of amides is 1. The van der Waals surface area contributed by atoms with Crippen molar-refractivity contribution in [3.8, 4) is 11.5 Å². The number of hydrogen-bond acceptors (Lipinski definition) is 5. The highest BCUT2D eigenvalue weighted by Gasteiger charge is 2.27. The number of anilines is 1. The highest BCUT2D eigenvalue weighted by Crippen LogP contribution is 2.29. The molecule has 7 nitrogen and oxygen atoms in total. The molecule has 0 aliphatic carbocycles. The van der Waals surface area contributed by atoms with Gasteiger partial charge in [0.25, 0.3) is 0 Å². The van der Waals surface area contributed by atoms with E-state index in [0.717, 1.165) is 16.7 Å². The molecule has 3 rings (SSSR count). The molecule has 0 aliphatic rings. The molecule has 174 valence electrons. The van der Waals surface area contributed by atoms with Gasteiger partial charge in [-0.05, 0) is 43.7 Å². The van der Waals surface area contributed by atoms with Crippen molar-refractivity contribution >= 4 is 21.6 Å². The summed E-state index contributed by atoms with van der Waals surface area (Å²) in [6, 6.07) is 19.1. The molecular weight excluding hydrogens is 440 g/mol. The number of ether oxygens (including phenoxy) is 2. The lowest BCUT2D eigenvalue weighted by atomic mass is 10.1. The predicted octanol–water partition coefficient (Wildman–Crippen LogP) is 4.15. The van der Waals surface area contributed by atoms with Crippen LogP contribution in [0.3, 0.4) is 0 Å². The Labute approximate surface area is 195 Å². The van der Waals surface area contributed by atoms with E-state index in [9.17, 15) is 13.2 Å². The standard InChI is InChI=1S/C25H28N2O5S/c1-18-5-9-20(10-6-18)16-27(33(29,30)22-12-7-19(2)8-13-22)17-25(28)26-23-15-21(31-3)11-14-24(23)32-4/h5-15H,16-17H2,1-4H3,(H,26,28). The van der Waals surface area contributed by atoms with Crippen LogP contribution in [0.2, 0.25) is 0 Å². The Morgan fingerprint density at radius 2 is 1.48 bits per heavy atom. The summed E-state index contributed by atoms with van der Waals surface area (Å²) in [5, 5.41) is 2.74. The summed E-state index contributed by atoms with van der Waals surface area (Å²) in [6.07, 6.45) is 0. The van der Waals surface area contributed by atoms with Crippen molar-refractivity contribution in [3.63, 3.8) is 0 Å². The molecule has 3 aromatic carbocycles. The number of methoxy groups -OCH3 is 2. The lowest BCUT2D eigenvalue weighted by molar-refractivity contribution is -0.116. The summed E-state index contributed by atoms with van der Waals surface area (Å²) in [4.78, 5) is 13.1. The van der Waals surface area contributed by atoms with Gasteiger partial charge >= 0.3 is 0 Å². The van der Waals surface area contributed by atoms with Crippen molar-refractivity contribution < 1.29 is 22.7 Å². The topological polar surface area (TPSA) is 84.9 Å². The molecule has 0 saturated carbocycles. The van der Waals surface area contributed by atoms with Gasteiger partial charge in [0.05, 0.1) is 31.3 Å². The second kappa shape index (κ2) is 10.5. The smallest absolute Gasteiger partial charge is 0.243 e. The van der Waals surface area contributed by atoms with Gasteiger partial charge in [0.15, 0.2) is 0 Å². The number of carbonyl (C=O) groups excluding carboxylic acids is 1. The van der Waals surface area contributed by atoms with Crippen LogP contribution in [-0.4, -0.2) is 39.4 Å². The monoisotopic (exact) mass is 468 g/mol. The Morgan fingerprint density at radius 1 is 0.879 bits per heavy atom. The van der Waals surface area contributed by atoms with Crippen LogP contribution in [0.25, 0.3) is 0 Å². The maximum absolute atomic E-state index is 13.4. The number of nitrogens with one attached hydrogen (secondary N) is 1. The first-order chi connectivity index (χ1) is 15.7. The Hall–Kier alpha value is -3.36. The molecule has 0 radical (unpaired) electrons. The van der Waals surface area contributed by atoms with E-state index in [0.29, 0.717) is 17.2 Å². The fourth-order valence-electron chi connectivity index (χ4n) is 3.24. The minimum Gasteiger partial charge on any atom is -0.497 e. The normalized spacial score (nSPS) is 11.3. The van der Waals surface area contributed by atoms with E-state index in [1.54, 1.807) is 42.5 Å². The molecule has 1 N–H and O–H groups in total. The molecule has 3 aromatic rings. The van der Waals surface area contributed by atoms with Crippen molar-refractivity contribution in [1.82, 2.24) is 4.31 Å². The number of nitrogens with zero attached hydrogens (tertiary/aromatic N) is 1. The van der Waals surface area contributed by atoms with Gasteiger partial charge in [0.1, 0.15) is 11.5 Å². The zero-order chi connectivity index (χ0) is 24.0. The van der Waals surface area contributed by atoms with E-state index in [4.69, 9.17) is 9.47 Å². The summed E-state index contributed by atoms with van der Waals surface area (Å²) < 4.78 is 38.5. The first-order valence-electron chi connectivity index (χ1n) is 10.4. The molecule has 0 unspecified atom stereocenters. The van der Waals surface area contributed by atoms with Crippen molar-refractivity contribution in [1.29, 1.82) is 0 Å². The molecule has 0 spiro atoms. The molecule has 0 atom stereocenters. The van der Waals surface area contributed by atoms with E-state index in [1.165, 1.54) is 18.5 Å². The van der Waals surface area contributed by atoms with E-state index in [2.05, 4.69) is 5.32 Å². The van der Waals surface area contributed by atoms with Crippen LogP contribution in [0.4, 0.5) is 5.69 Å². The maximum atomic E-state index is 13.4. The molecule has 8 heteroatoms. The third kappa shape index (κ3) is 6.12. The summed E-state index contributed by atoms with van der Waals surface area (Å²) in [5.74, 6) is 0.481. The first kappa shape index (κ1) is 24.3. The van der Waals surface area contributed by atoms with Crippen LogP contribution in [-0.2, 0) is 21.4 Å². The van der Waals surface area contributed by atoms with Gasteiger partial charge < -0.3 is 14.8 Å². The molecule has 0 aromatic heterocycles. The molecular formula is C25H28N2O5S. The molecule has 1 amide bonds. The highest BCUT2D eigenvalue weighted by atomic mass is 32.2. The average Bonchev–Trinajstić information content (AvgIpc) is 2.80. The van der Waals surface area contributed by atoms with Gasteiger partial charge in [-0.1, -0.05) is 47.5 Å². The summed E-state index contributed by atoms with van der Waals surface area (Å²) in [6.45, 7) is 3.53. The quantitative estimate of drug-likeness (QED) is 0.510. The summed E-state index contributed by atoms with van der Waals surface area (Å²) in [5.41, 5.74) is 3.18. The van der Waals surface area contributed by atoms with E-state index in [-0.39, 0.29) is 18.0 Å². The number of rotatable bonds is 9. The van der Waals surface area contributed by atoms with E-state index >= 15 is 0 Å². The molecule has 0 saturated heterocycles. The molecule has 0 fully saturated rings. The predicted molar refractivity (Wildman–Crippen MR) is 128 cm³/mol. The number of hydrogen-bond donors (Lipinski definition) is 1. The van der Waals surface area contributed by atoms with E-state index in [1.807, 2.05) is 38.1 Å². The third-order valence-electron chi connectivity index (χ3n) is 5.14. The summed E-state index contributed by atoms with van der Waals surface area (Å²) in [7, 11) is -0.918. The molecule has 0 heterocycles. The minimum atomic E-state index is -3.93. The fraction of sp³-hybridized carbons (Fsp3) is 0.240. The van der Waals surface area contributed by atoms with Crippen LogP contribution in [0.15, 0.2) is 71.6 Å². The molecule has 33 heavy (non-hydrogen) atoms. The SMILES string of the molecule is COc1ccc(OC)c(NC(=O)CN(Cc2ccc(C)cc2)S(=O)(=O)c2ccc(C)cc2)c1. The van der Waals surface area contributed by atoms with Crippen LogP contribution in [0.1, 0.15) is 16.7 Å². The fourth-order valence-corrected chi connectivity index (χ4v) is 4.63. The van der Waals surface area contributed by atoms with Crippen molar-refractivity contribution in [3.05, 3.63) is 83.4 Å². The Kier molecular flexibility index (Phi) is 7.73. The zero-order valence-corrected chi connectivity index (χ0v) is 20.0. The first-order valence-corrected chi connectivity index (χ1v) is 11.8. The number of carbonyl (C=O) groups is 1. The van der Waals surface area contributed by atoms with E-state index < -0.39 is 15.9 Å². The summed E-state index contributed by atoms with van der Waals surface area (Å²) >= 11 is 0. The van der Waals surface area contributed by atoms with Crippen LogP contribution >= 0.6 is 0 Å². The van der Waals surface area contributed by atoms with Gasteiger partial charge in [-0.15, -0.1) is 0 Å². The second-order valence-corrected chi connectivity index (χ2v) is 9.62. The molecule has 0 bridgehead atoms. The van der Waals surface area contributed by atoms with Gasteiger partial charge in [-0.3, -0.25) is 4.79 Å². The largest absolute Gasteiger partial charge is 0.497 e. The zero-order valence-electron chi connectivity index (χ0n) is 19.2. The third-order valence-corrected chi connectivity index (χ3v) is 6.94. The van der Waals surface area contributed by atoms with Gasteiger partial charge in [-0.25, -0.2) is 8.42 Å². The second-order valence-electron chi connectivity index (χ2n) is 7.69. The number of sulfonamides is 1. The molecule has 0 aliphatic heterocycles. The lowest BCUT2D eigenvalue weighted by Gasteiger charge is -2.22. The number of benzene rings is 3. The van der Waals surface area contributed by atoms with Crippen molar-refractivity contribution in [2.75, 3.05) is 26.1 Å². The Balaban J connectivity index is 1.90. The van der Waals surface area contributed by atoms with Crippen LogP contribution < -0.4 is 14.8 Å². The van der Waals surface area contributed by atoms with Crippen LogP contribution in [0.5, 0.6) is 11.5 Å². The van der Waals surface area contributed by atoms with Crippen molar-refractivity contribution in [2.24, 2.45) is 0 Å². The lowest BCUT2D eigenvalue weighted by Crippen LogP contribution is -2.37. The maximum Gasteiger partial charge on any atom is 0.243 e. The average molecular weight is 469 g/mol. The van der Waals surface area contributed by atoms with Gasteiger partial charge in [-0.2, -0.15) is 4.31 Å². The van der Waals surface area contributed by atoms with Gasteiger partial charge in [0, 0.05) is 12.6 Å².